The van der Waals surface area contributed by atoms with Crippen molar-refractivity contribution in [2.45, 2.75) is 11.4 Å². The van der Waals surface area contributed by atoms with Crippen molar-refractivity contribution in [3.05, 3.63) is 48.0 Å². The quantitative estimate of drug-likeness (QED) is 0.769. The van der Waals surface area contributed by atoms with Gasteiger partial charge in [-0.05, 0) is 24.3 Å². The fourth-order valence-corrected chi connectivity index (χ4v) is 3.18. The van der Waals surface area contributed by atoms with E-state index in [4.69, 9.17) is 0 Å². The Balaban J connectivity index is 2.05. The lowest BCUT2D eigenvalue weighted by Gasteiger charge is -2.16. The fourth-order valence-electron chi connectivity index (χ4n) is 1.91. The zero-order valence-corrected chi connectivity index (χ0v) is 13.0. The minimum absolute atomic E-state index is 0.0722. The summed E-state index contributed by atoms with van der Waals surface area (Å²) in [5, 5.41) is 3.98. The number of rotatable bonds is 5. The molecule has 1 aromatic heterocycles. The average molecular weight is 325 g/mol. The first-order chi connectivity index (χ1) is 10.3. The number of carbonyl (C=O) groups is 1. The number of carbonyl (C=O) groups excluding carboxylic acids is 1. The van der Waals surface area contributed by atoms with Crippen molar-refractivity contribution in [1.29, 1.82) is 0 Å². The predicted octanol–water partition coefficient (Wildman–Crippen LogP) is 0.991. The van der Waals surface area contributed by atoms with E-state index in [1.54, 1.807) is 24.1 Å². The van der Waals surface area contributed by atoms with E-state index in [0.717, 1.165) is 29.8 Å². The number of sulfone groups is 1. The molecule has 0 unspecified atom stereocenters. The third-order valence-electron chi connectivity index (χ3n) is 3.09. The van der Waals surface area contributed by atoms with Gasteiger partial charge >= 0.3 is 0 Å². The molecule has 0 saturated carbocycles. The second-order valence-electron chi connectivity index (χ2n) is 4.99. The summed E-state index contributed by atoms with van der Waals surface area (Å²) in [6.45, 7) is 0.269. The smallest absolute Gasteiger partial charge is 0.238 e. The molecule has 0 aliphatic heterocycles. The van der Waals surface area contributed by atoms with Crippen LogP contribution in [0.15, 0.2) is 41.6 Å². The van der Waals surface area contributed by atoms with Gasteiger partial charge in [-0.3, -0.25) is 9.48 Å². The Morgan fingerprint density at radius 3 is 2.50 bits per heavy atom. The van der Waals surface area contributed by atoms with Gasteiger partial charge in [0, 0.05) is 32.4 Å². The number of benzene rings is 1. The molecule has 8 heteroatoms. The molecule has 0 atom stereocenters. The van der Waals surface area contributed by atoms with Gasteiger partial charge in [-0.15, -0.1) is 0 Å². The van der Waals surface area contributed by atoms with Crippen LogP contribution in [0.3, 0.4) is 0 Å². The van der Waals surface area contributed by atoms with Gasteiger partial charge in [0.1, 0.15) is 11.6 Å². The van der Waals surface area contributed by atoms with Crippen molar-refractivity contribution in [2.75, 3.05) is 12.8 Å². The first kappa shape index (κ1) is 16.2. The van der Waals surface area contributed by atoms with Crippen LogP contribution < -0.4 is 0 Å². The van der Waals surface area contributed by atoms with Gasteiger partial charge in [0.25, 0.3) is 0 Å². The molecule has 118 valence electrons. The Labute approximate surface area is 128 Å². The highest BCUT2D eigenvalue weighted by Crippen LogP contribution is 2.13. The van der Waals surface area contributed by atoms with E-state index in [1.807, 2.05) is 0 Å². The van der Waals surface area contributed by atoms with Crippen LogP contribution >= 0.6 is 0 Å². The number of hydrogen-bond donors (Lipinski definition) is 0. The van der Waals surface area contributed by atoms with Crippen LogP contribution in [0, 0.1) is 5.82 Å². The monoisotopic (exact) mass is 325 g/mol. The van der Waals surface area contributed by atoms with Crippen LogP contribution in [0.5, 0.6) is 0 Å². The molecule has 0 fully saturated rings. The Hall–Kier alpha value is -2.22. The summed E-state index contributed by atoms with van der Waals surface area (Å²) in [6, 6.07) is 4.41. The van der Waals surface area contributed by atoms with Crippen molar-refractivity contribution in [3.63, 3.8) is 0 Å². The SMILES string of the molecule is CN(Cc1cnn(C)c1)C(=O)CS(=O)(=O)c1ccc(F)cc1. The Kier molecular flexibility index (Phi) is 4.60. The lowest BCUT2D eigenvalue weighted by atomic mass is 10.3. The van der Waals surface area contributed by atoms with Crippen LogP contribution in [0.2, 0.25) is 0 Å². The normalized spacial score (nSPS) is 11.4. The standard InChI is InChI=1S/C14H16FN3O3S/c1-17(8-11-7-16-18(2)9-11)14(19)10-22(20,21)13-5-3-12(15)4-6-13/h3-7,9H,8,10H2,1-2H3. The third kappa shape index (κ3) is 3.91. The predicted molar refractivity (Wildman–Crippen MR) is 78.1 cm³/mol. The molecular formula is C14H16FN3O3S. The number of aromatic nitrogens is 2. The summed E-state index contributed by atoms with van der Waals surface area (Å²) in [7, 11) is -0.509. The molecule has 0 saturated heterocycles. The highest BCUT2D eigenvalue weighted by atomic mass is 32.2. The first-order valence-corrected chi connectivity index (χ1v) is 8.13. The van der Waals surface area contributed by atoms with Crippen molar-refractivity contribution >= 4 is 15.7 Å². The van der Waals surface area contributed by atoms with Gasteiger partial charge in [0.15, 0.2) is 9.84 Å². The van der Waals surface area contributed by atoms with Gasteiger partial charge < -0.3 is 4.90 Å². The lowest BCUT2D eigenvalue weighted by molar-refractivity contribution is -0.127. The maximum Gasteiger partial charge on any atom is 0.238 e. The van der Waals surface area contributed by atoms with E-state index in [1.165, 1.54) is 11.9 Å². The maximum absolute atomic E-state index is 12.8. The fraction of sp³-hybridized carbons (Fsp3) is 0.286. The van der Waals surface area contributed by atoms with Crippen LogP contribution in [0.4, 0.5) is 4.39 Å². The number of amides is 1. The average Bonchev–Trinajstić information content (AvgIpc) is 2.84. The lowest BCUT2D eigenvalue weighted by Crippen LogP contribution is -2.32. The molecule has 1 heterocycles. The van der Waals surface area contributed by atoms with E-state index in [9.17, 15) is 17.6 Å². The molecule has 1 aromatic carbocycles. The molecular weight excluding hydrogens is 309 g/mol. The van der Waals surface area contributed by atoms with Crippen LogP contribution in [-0.4, -0.2) is 41.8 Å². The number of hydrogen-bond acceptors (Lipinski definition) is 4. The maximum atomic E-state index is 12.8. The molecule has 1 amide bonds. The molecule has 0 bridgehead atoms. The first-order valence-electron chi connectivity index (χ1n) is 6.48. The van der Waals surface area contributed by atoms with Crippen molar-refractivity contribution in [2.24, 2.45) is 7.05 Å². The molecule has 2 aromatic rings. The number of halogens is 1. The van der Waals surface area contributed by atoms with Crippen LogP contribution in [-0.2, 0) is 28.2 Å². The molecule has 0 aliphatic rings. The molecule has 0 radical (unpaired) electrons. The molecule has 6 nitrogen and oxygen atoms in total. The second kappa shape index (κ2) is 6.27. The zero-order chi connectivity index (χ0) is 16.3. The van der Waals surface area contributed by atoms with E-state index >= 15 is 0 Å². The van der Waals surface area contributed by atoms with Crippen molar-refractivity contribution < 1.29 is 17.6 Å². The Morgan fingerprint density at radius 2 is 1.95 bits per heavy atom. The van der Waals surface area contributed by atoms with Gasteiger partial charge in [0.05, 0.1) is 11.1 Å². The van der Waals surface area contributed by atoms with E-state index in [0.29, 0.717) is 0 Å². The van der Waals surface area contributed by atoms with Gasteiger partial charge in [0.2, 0.25) is 5.91 Å². The minimum atomic E-state index is -3.79. The highest BCUT2D eigenvalue weighted by molar-refractivity contribution is 7.92. The van der Waals surface area contributed by atoms with E-state index < -0.39 is 27.3 Å². The van der Waals surface area contributed by atoms with E-state index in [-0.39, 0.29) is 11.4 Å². The summed E-state index contributed by atoms with van der Waals surface area (Å²) in [5.74, 6) is -1.72. The van der Waals surface area contributed by atoms with Crippen LogP contribution in [0.1, 0.15) is 5.56 Å². The van der Waals surface area contributed by atoms with Crippen molar-refractivity contribution in [1.82, 2.24) is 14.7 Å². The number of aryl methyl sites for hydroxylation is 1. The van der Waals surface area contributed by atoms with Gasteiger partial charge in [-0.25, -0.2) is 12.8 Å². The summed E-state index contributed by atoms with van der Waals surface area (Å²) >= 11 is 0. The summed E-state index contributed by atoms with van der Waals surface area (Å²) in [6.07, 6.45) is 3.36. The molecule has 2 rings (SSSR count). The largest absolute Gasteiger partial charge is 0.340 e. The Bertz CT molecular complexity index is 769. The van der Waals surface area contributed by atoms with Crippen LogP contribution in [0.25, 0.3) is 0 Å². The highest BCUT2D eigenvalue weighted by Gasteiger charge is 2.22. The summed E-state index contributed by atoms with van der Waals surface area (Å²) in [4.78, 5) is 13.3. The molecule has 22 heavy (non-hydrogen) atoms. The van der Waals surface area contributed by atoms with E-state index in [2.05, 4.69) is 5.10 Å². The summed E-state index contributed by atoms with van der Waals surface area (Å²) < 4.78 is 38.7. The molecule has 0 spiro atoms. The third-order valence-corrected chi connectivity index (χ3v) is 4.71. The molecule has 0 N–H and O–H groups in total. The second-order valence-corrected chi connectivity index (χ2v) is 6.97. The van der Waals surface area contributed by atoms with Gasteiger partial charge in [-0.1, -0.05) is 0 Å². The molecule has 0 aliphatic carbocycles. The zero-order valence-electron chi connectivity index (χ0n) is 12.2. The number of nitrogens with zero attached hydrogens (tertiary/aromatic N) is 3. The van der Waals surface area contributed by atoms with Gasteiger partial charge in [-0.2, -0.15) is 5.10 Å². The van der Waals surface area contributed by atoms with Crippen molar-refractivity contribution in [3.8, 4) is 0 Å². The topological polar surface area (TPSA) is 72.3 Å². The summed E-state index contributed by atoms with van der Waals surface area (Å²) in [5.41, 5.74) is 0.803. The Morgan fingerprint density at radius 1 is 1.32 bits per heavy atom. The minimum Gasteiger partial charge on any atom is -0.340 e.